The zero-order valence-corrected chi connectivity index (χ0v) is 21.6. The first-order chi connectivity index (χ1) is 18.4. The minimum atomic E-state index is -0.290. The number of carbonyl (C=O) groups is 1. The maximum atomic E-state index is 12.9. The molecule has 1 unspecified atom stereocenters. The molecule has 9 nitrogen and oxygen atoms in total. The number of amides is 1. The first kappa shape index (κ1) is 25.3. The average molecular weight is 513 g/mol. The third-order valence-corrected chi connectivity index (χ3v) is 6.76. The maximum Gasteiger partial charge on any atom is 0.288 e. The first-order valence-electron chi connectivity index (χ1n) is 12.7. The molecule has 1 amide bonds. The number of likely N-dealkylation sites (tertiary alicyclic amines) is 1. The van der Waals surface area contributed by atoms with Crippen LogP contribution in [-0.2, 0) is 11.3 Å². The Balaban J connectivity index is 1.38. The van der Waals surface area contributed by atoms with Crippen molar-refractivity contribution in [1.29, 1.82) is 0 Å². The lowest BCUT2D eigenvalue weighted by molar-refractivity contribution is -0.125. The zero-order valence-electron chi connectivity index (χ0n) is 21.6. The van der Waals surface area contributed by atoms with Gasteiger partial charge in [0.1, 0.15) is 17.0 Å². The van der Waals surface area contributed by atoms with Gasteiger partial charge in [-0.25, -0.2) is 5.10 Å². The fourth-order valence-corrected chi connectivity index (χ4v) is 4.90. The van der Waals surface area contributed by atoms with Crippen molar-refractivity contribution in [2.45, 2.75) is 13.0 Å². The second-order valence-corrected chi connectivity index (χ2v) is 9.90. The van der Waals surface area contributed by atoms with E-state index in [1.54, 1.807) is 6.08 Å². The number of ether oxygens (including phenoxy) is 1. The molecule has 0 radical (unpaired) electrons. The second kappa shape index (κ2) is 10.9. The summed E-state index contributed by atoms with van der Waals surface area (Å²) >= 11 is 0. The van der Waals surface area contributed by atoms with Crippen LogP contribution in [0.15, 0.2) is 77.7 Å². The van der Waals surface area contributed by atoms with E-state index in [0.717, 1.165) is 29.8 Å². The molecule has 1 aliphatic rings. The molecule has 0 aliphatic carbocycles. The number of fused-ring (bicyclic) bond motifs is 1. The summed E-state index contributed by atoms with van der Waals surface area (Å²) in [5, 5.41) is 7.17. The fourth-order valence-electron chi connectivity index (χ4n) is 4.90. The molecule has 3 N–H and O–H groups in total. The highest BCUT2D eigenvalue weighted by Gasteiger charge is 2.27. The van der Waals surface area contributed by atoms with Gasteiger partial charge in [0.15, 0.2) is 5.82 Å². The highest BCUT2D eigenvalue weighted by atomic mass is 16.5. The summed E-state index contributed by atoms with van der Waals surface area (Å²) in [5.41, 5.74) is 8.20. The second-order valence-electron chi connectivity index (χ2n) is 9.90. The number of nitrogens with zero attached hydrogens (tertiary/aromatic N) is 4. The molecule has 0 bridgehead atoms. The number of hydrogen-bond donors (Lipinski definition) is 2. The van der Waals surface area contributed by atoms with Gasteiger partial charge in [-0.3, -0.25) is 9.59 Å². The third-order valence-electron chi connectivity index (χ3n) is 6.76. The number of likely N-dealkylation sites (N-methyl/N-ethyl adjacent to an activating group) is 1. The lowest BCUT2D eigenvalue weighted by Crippen LogP contribution is -2.28. The normalized spacial score (nSPS) is 15.7. The Hall–Kier alpha value is -4.37. The van der Waals surface area contributed by atoms with Gasteiger partial charge in [-0.2, -0.15) is 5.10 Å². The van der Waals surface area contributed by atoms with E-state index < -0.39 is 0 Å². The van der Waals surface area contributed by atoms with Crippen LogP contribution in [0.25, 0.3) is 22.0 Å². The van der Waals surface area contributed by atoms with Crippen LogP contribution in [0.1, 0.15) is 6.42 Å². The summed E-state index contributed by atoms with van der Waals surface area (Å²) in [5.74, 6) is 1.99. The van der Waals surface area contributed by atoms with Gasteiger partial charge >= 0.3 is 0 Å². The van der Waals surface area contributed by atoms with Crippen LogP contribution in [0, 0.1) is 5.92 Å². The number of aromatic nitrogens is 3. The van der Waals surface area contributed by atoms with Crippen molar-refractivity contribution in [2.75, 3.05) is 39.5 Å². The molecule has 1 atom stereocenters. The summed E-state index contributed by atoms with van der Waals surface area (Å²) in [6.45, 7) is 2.66. The van der Waals surface area contributed by atoms with E-state index in [4.69, 9.17) is 10.5 Å². The zero-order chi connectivity index (χ0) is 26.6. The van der Waals surface area contributed by atoms with Crippen LogP contribution < -0.4 is 16.0 Å². The van der Waals surface area contributed by atoms with Crippen molar-refractivity contribution in [3.63, 3.8) is 0 Å². The van der Waals surface area contributed by atoms with Crippen molar-refractivity contribution in [3.8, 4) is 22.6 Å². The number of hydrogen-bond acceptors (Lipinski definition) is 6. The Kier molecular flexibility index (Phi) is 7.28. The number of benzene rings is 2. The summed E-state index contributed by atoms with van der Waals surface area (Å²) in [7, 11) is 3.93. The number of nitrogens with one attached hydrogen (secondary N) is 1. The number of H-pyrrole nitrogens is 1. The van der Waals surface area contributed by atoms with Gasteiger partial charge in [-0.1, -0.05) is 36.4 Å². The molecule has 4 aromatic rings. The number of anilines is 1. The first-order valence-corrected chi connectivity index (χ1v) is 12.7. The molecule has 38 heavy (non-hydrogen) atoms. The van der Waals surface area contributed by atoms with Crippen LogP contribution in [0.4, 0.5) is 5.82 Å². The molecule has 1 aliphatic heterocycles. The summed E-state index contributed by atoms with van der Waals surface area (Å²) in [4.78, 5) is 29.4. The van der Waals surface area contributed by atoms with Gasteiger partial charge in [-0.05, 0) is 56.3 Å². The Morgan fingerprint density at radius 2 is 1.89 bits per heavy atom. The maximum absolute atomic E-state index is 12.9. The van der Waals surface area contributed by atoms with Crippen LogP contribution >= 0.6 is 0 Å². The van der Waals surface area contributed by atoms with Gasteiger partial charge < -0.3 is 24.8 Å². The molecule has 196 valence electrons. The van der Waals surface area contributed by atoms with Crippen LogP contribution in [0.5, 0.6) is 11.5 Å². The topological polar surface area (TPSA) is 109 Å². The molecule has 1 fully saturated rings. The highest BCUT2D eigenvalue weighted by molar-refractivity contribution is 6.01. The number of rotatable bonds is 8. The molecule has 3 heterocycles. The van der Waals surface area contributed by atoms with E-state index >= 15 is 0 Å². The molecule has 1 saturated heterocycles. The molecule has 2 aromatic heterocycles. The van der Waals surface area contributed by atoms with Gasteiger partial charge in [-0.15, -0.1) is 0 Å². The van der Waals surface area contributed by atoms with Crippen molar-refractivity contribution in [1.82, 2.24) is 24.6 Å². The van der Waals surface area contributed by atoms with Crippen molar-refractivity contribution in [3.05, 3.63) is 83.3 Å². The monoisotopic (exact) mass is 512 g/mol. The average Bonchev–Trinajstić information content (AvgIpc) is 3.53. The van der Waals surface area contributed by atoms with Gasteiger partial charge in [0.05, 0.1) is 5.39 Å². The Labute approximate surface area is 221 Å². The van der Waals surface area contributed by atoms with E-state index in [1.807, 2.05) is 95.3 Å². The molecule has 0 saturated carbocycles. The molecule has 2 aromatic carbocycles. The number of carbonyl (C=O) groups excluding carboxylic acids is 1. The Morgan fingerprint density at radius 1 is 1.16 bits per heavy atom. The van der Waals surface area contributed by atoms with Crippen molar-refractivity contribution < 1.29 is 9.53 Å². The van der Waals surface area contributed by atoms with E-state index in [0.29, 0.717) is 36.3 Å². The standard InChI is InChI=1S/C29H32N6O3/c1-33(2)15-6-9-25(36)34-16-14-20(17-34)18-35-19-24(26-27(35)29(37)32-31-28(26)30)21-10-12-23(13-11-21)38-22-7-4-3-5-8-22/h3-13,19-20H,14-18H2,1-2H3,(H2,30,31)(H,32,37)/b9-6+. The predicted molar refractivity (Wildman–Crippen MR) is 149 cm³/mol. The van der Waals surface area contributed by atoms with Gasteiger partial charge in [0.2, 0.25) is 5.91 Å². The molecule has 0 spiro atoms. The minimum Gasteiger partial charge on any atom is -0.457 e. The van der Waals surface area contributed by atoms with E-state index in [1.165, 1.54) is 0 Å². The van der Waals surface area contributed by atoms with E-state index in [9.17, 15) is 9.59 Å². The van der Waals surface area contributed by atoms with Crippen LogP contribution in [0.3, 0.4) is 0 Å². The predicted octanol–water partition coefficient (Wildman–Crippen LogP) is 3.73. The van der Waals surface area contributed by atoms with Gasteiger partial charge in [0, 0.05) is 44.0 Å². The quantitative estimate of drug-likeness (QED) is 0.348. The Morgan fingerprint density at radius 3 is 2.63 bits per heavy atom. The smallest absolute Gasteiger partial charge is 0.288 e. The SMILES string of the molecule is CN(C)C/C=C/C(=O)N1CCC(Cn2cc(-c3ccc(Oc4ccccc4)cc3)c3c(N)n[nH]c(=O)c32)C1. The summed E-state index contributed by atoms with van der Waals surface area (Å²) < 4.78 is 7.88. The molecule has 5 rings (SSSR count). The number of aromatic amines is 1. The van der Waals surface area contributed by atoms with Crippen molar-refractivity contribution >= 4 is 22.6 Å². The van der Waals surface area contributed by atoms with Gasteiger partial charge in [0.25, 0.3) is 5.56 Å². The fraction of sp³-hybridized carbons (Fsp3) is 0.276. The largest absolute Gasteiger partial charge is 0.457 e. The Bertz CT molecular complexity index is 1510. The number of nitrogens with two attached hydrogens (primary N) is 1. The molecular weight excluding hydrogens is 480 g/mol. The van der Waals surface area contributed by atoms with Crippen molar-refractivity contribution in [2.24, 2.45) is 5.92 Å². The lowest BCUT2D eigenvalue weighted by Gasteiger charge is -2.15. The number of nitrogen functional groups attached to an aromatic ring is 1. The van der Waals surface area contributed by atoms with Crippen LogP contribution in [-0.4, -0.2) is 64.2 Å². The van der Waals surface area contributed by atoms with E-state index in [2.05, 4.69) is 10.2 Å². The lowest BCUT2D eigenvalue weighted by atomic mass is 10.1. The minimum absolute atomic E-state index is 0.0245. The summed E-state index contributed by atoms with van der Waals surface area (Å²) in [6, 6.07) is 17.3. The van der Waals surface area contributed by atoms with Crippen LogP contribution in [0.2, 0.25) is 0 Å². The molecule has 9 heteroatoms. The molecular formula is C29H32N6O3. The summed E-state index contributed by atoms with van der Waals surface area (Å²) in [6.07, 6.45) is 6.36. The number of para-hydroxylation sites is 1. The highest BCUT2D eigenvalue weighted by Crippen LogP contribution is 2.34. The third kappa shape index (κ3) is 5.47. The van der Waals surface area contributed by atoms with E-state index in [-0.39, 0.29) is 23.2 Å².